The summed E-state index contributed by atoms with van der Waals surface area (Å²) in [5.41, 5.74) is 5.62. The van der Waals surface area contributed by atoms with Gasteiger partial charge in [-0.15, -0.1) is 0 Å². The summed E-state index contributed by atoms with van der Waals surface area (Å²) < 4.78 is 5.12. The van der Waals surface area contributed by atoms with E-state index in [1.807, 2.05) is 6.92 Å². The molecule has 2 unspecified atom stereocenters. The van der Waals surface area contributed by atoms with Crippen LogP contribution in [0, 0.1) is 5.41 Å². The lowest BCUT2D eigenvalue weighted by Crippen LogP contribution is -2.45. The molecular formula is C13H28N2O2. The summed E-state index contributed by atoms with van der Waals surface area (Å²) in [5, 5.41) is 3.06. The summed E-state index contributed by atoms with van der Waals surface area (Å²) in [6, 6.07) is 0.137. The van der Waals surface area contributed by atoms with Gasteiger partial charge in [0.2, 0.25) is 5.91 Å². The first-order valence-electron chi connectivity index (χ1n) is 6.33. The number of rotatable bonds is 7. The van der Waals surface area contributed by atoms with Crippen LogP contribution in [0.3, 0.4) is 0 Å². The zero-order valence-corrected chi connectivity index (χ0v) is 11.9. The quantitative estimate of drug-likeness (QED) is 0.716. The van der Waals surface area contributed by atoms with Crippen molar-refractivity contribution in [2.24, 2.45) is 11.1 Å². The summed E-state index contributed by atoms with van der Waals surface area (Å²) >= 11 is 0. The summed E-state index contributed by atoms with van der Waals surface area (Å²) in [6.45, 7) is 8.91. The third kappa shape index (κ3) is 7.34. The van der Waals surface area contributed by atoms with E-state index in [1.54, 1.807) is 7.11 Å². The van der Waals surface area contributed by atoms with Gasteiger partial charge in [0.25, 0.3) is 0 Å². The highest BCUT2D eigenvalue weighted by atomic mass is 16.5. The first-order valence-corrected chi connectivity index (χ1v) is 6.33. The van der Waals surface area contributed by atoms with Crippen molar-refractivity contribution in [3.05, 3.63) is 0 Å². The number of carbonyl (C=O) groups excluding carboxylic acids is 1. The smallest absolute Gasteiger partial charge is 0.220 e. The Morgan fingerprint density at radius 1 is 1.35 bits per heavy atom. The lowest BCUT2D eigenvalue weighted by Gasteiger charge is -2.31. The molecule has 3 N–H and O–H groups in total. The highest BCUT2D eigenvalue weighted by Gasteiger charge is 2.25. The average molecular weight is 244 g/mol. The van der Waals surface area contributed by atoms with Crippen LogP contribution in [0.2, 0.25) is 0 Å². The molecule has 0 aliphatic rings. The topological polar surface area (TPSA) is 64.3 Å². The van der Waals surface area contributed by atoms with E-state index in [-0.39, 0.29) is 23.5 Å². The fraction of sp³-hybridized carbons (Fsp3) is 0.923. The molecule has 0 aliphatic carbocycles. The van der Waals surface area contributed by atoms with Gasteiger partial charge >= 0.3 is 0 Å². The largest absolute Gasteiger partial charge is 0.382 e. The number of nitrogens with two attached hydrogens (primary N) is 1. The standard InChI is InChI=1S/C13H28N2O2/c1-10(17-5)6-7-12(16)15-11(8-9-14)13(2,3)4/h10-11H,6-9,14H2,1-5H3,(H,15,16). The van der Waals surface area contributed by atoms with Gasteiger partial charge < -0.3 is 15.8 Å². The van der Waals surface area contributed by atoms with Gasteiger partial charge in [-0.2, -0.15) is 0 Å². The Bertz CT molecular complexity index is 224. The number of hydrogen-bond acceptors (Lipinski definition) is 3. The number of amides is 1. The molecule has 0 rings (SSSR count). The minimum atomic E-state index is 0.0436. The van der Waals surface area contributed by atoms with Crippen LogP contribution < -0.4 is 11.1 Å². The molecule has 0 heterocycles. The summed E-state index contributed by atoms with van der Waals surface area (Å²) in [6.07, 6.45) is 2.20. The SMILES string of the molecule is COC(C)CCC(=O)NC(CCN)C(C)(C)C. The van der Waals surface area contributed by atoms with Crippen molar-refractivity contribution in [2.75, 3.05) is 13.7 Å². The third-order valence-corrected chi connectivity index (χ3v) is 3.02. The van der Waals surface area contributed by atoms with Crippen molar-refractivity contribution in [2.45, 2.75) is 59.1 Å². The van der Waals surface area contributed by atoms with Crippen molar-refractivity contribution in [1.82, 2.24) is 5.32 Å². The Kier molecular flexibility index (Phi) is 7.39. The second-order valence-electron chi connectivity index (χ2n) is 5.65. The number of hydrogen-bond donors (Lipinski definition) is 2. The number of methoxy groups -OCH3 is 1. The van der Waals surface area contributed by atoms with E-state index >= 15 is 0 Å². The van der Waals surface area contributed by atoms with Gasteiger partial charge in [0.05, 0.1) is 6.10 Å². The molecule has 17 heavy (non-hydrogen) atoms. The van der Waals surface area contributed by atoms with Gasteiger partial charge in [-0.3, -0.25) is 4.79 Å². The van der Waals surface area contributed by atoms with Crippen LogP contribution in [0.4, 0.5) is 0 Å². The first-order chi connectivity index (χ1) is 7.81. The number of ether oxygens (including phenoxy) is 1. The van der Waals surface area contributed by atoms with Crippen LogP contribution in [0.5, 0.6) is 0 Å². The van der Waals surface area contributed by atoms with Gasteiger partial charge in [-0.1, -0.05) is 20.8 Å². The van der Waals surface area contributed by atoms with Crippen LogP contribution in [0.25, 0.3) is 0 Å². The molecule has 0 aromatic carbocycles. The molecule has 0 bridgehead atoms. The minimum Gasteiger partial charge on any atom is -0.382 e. The molecule has 4 nitrogen and oxygen atoms in total. The van der Waals surface area contributed by atoms with E-state index in [2.05, 4.69) is 26.1 Å². The molecular weight excluding hydrogens is 216 g/mol. The Labute approximate surface area is 105 Å². The fourth-order valence-corrected chi connectivity index (χ4v) is 1.61. The van der Waals surface area contributed by atoms with Crippen molar-refractivity contribution in [3.8, 4) is 0 Å². The molecule has 0 radical (unpaired) electrons. The maximum Gasteiger partial charge on any atom is 0.220 e. The summed E-state index contributed by atoms with van der Waals surface area (Å²) in [7, 11) is 1.66. The summed E-state index contributed by atoms with van der Waals surface area (Å²) in [4.78, 5) is 11.8. The Morgan fingerprint density at radius 3 is 2.35 bits per heavy atom. The van der Waals surface area contributed by atoms with Crippen molar-refractivity contribution >= 4 is 5.91 Å². The van der Waals surface area contributed by atoms with Gasteiger partial charge in [-0.05, 0) is 31.7 Å². The Morgan fingerprint density at radius 2 is 1.94 bits per heavy atom. The molecule has 0 fully saturated rings. The van der Waals surface area contributed by atoms with Gasteiger partial charge in [-0.25, -0.2) is 0 Å². The highest BCUT2D eigenvalue weighted by Crippen LogP contribution is 2.21. The Hall–Kier alpha value is -0.610. The van der Waals surface area contributed by atoms with Gasteiger partial charge in [0.15, 0.2) is 0 Å². The van der Waals surface area contributed by atoms with Crippen molar-refractivity contribution in [1.29, 1.82) is 0 Å². The second kappa shape index (κ2) is 7.67. The average Bonchev–Trinajstić information content (AvgIpc) is 2.24. The number of carbonyl (C=O) groups is 1. The molecule has 0 saturated heterocycles. The molecule has 2 atom stereocenters. The van der Waals surface area contributed by atoms with Crippen LogP contribution in [0.15, 0.2) is 0 Å². The van der Waals surface area contributed by atoms with E-state index in [1.165, 1.54) is 0 Å². The molecule has 0 aromatic rings. The lowest BCUT2D eigenvalue weighted by molar-refractivity contribution is -0.123. The van der Waals surface area contributed by atoms with Crippen LogP contribution >= 0.6 is 0 Å². The first kappa shape index (κ1) is 16.4. The van der Waals surface area contributed by atoms with E-state index in [9.17, 15) is 4.79 Å². The van der Waals surface area contributed by atoms with E-state index in [4.69, 9.17) is 10.5 Å². The molecule has 0 spiro atoms. The van der Waals surface area contributed by atoms with E-state index in [0.29, 0.717) is 13.0 Å². The monoisotopic (exact) mass is 244 g/mol. The minimum absolute atomic E-state index is 0.0436. The zero-order valence-electron chi connectivity index (χ0n) is 11.9. The van der Waals surface area contributed by atoms with Gasteiger partial charge in [0.1, 0.15) is 0 Å². The molecule has 0 aliphatic heterocycles. The molecule has 1 amide bonds. The third-order valence-electron chi connectivity index (χ3n) is 3.02. The molecule has 4 heteroatoms. The zero-order chi connectivity index (χ0) is 13.5. The van der Waals surface area contributed by atoms with Crippen molar-refractivity contribution < 1.29 is 9.53 Å². The van der Waals surface area contributed by atoms with E-state index in [0.717, 1.165) is 12.8 Å². The van der Waals surface area contributed by atoms with Crippen LogP contribution in [0.1, 0.15) is 47.0 Å². The Balaban J connectivity index is 4.13. The maximum atomic E-state index is 11.8. The number of nitrogens with one attached hydrogen (secondary N) is 1. The van der Waals surface area contributed by atoms with Crippen LogP contribution in [-0.4, -0.2) is 31.7 Å². The van der Waals surface area contributed by atoms with Gasteiger partial charge in [0, 0.05) is 19.6 Å². The highest BCUT2D eigenvalue weighted by molar-refractivity contribution is 5.76. The molecule has 102 valence electrons. The molecule has 0 aromatic heterocycles. The van der Waals surface area contributed by atoms with Crippen molar-refractivity contribution in [3.63, 3.8) is 0 Å². The molecule has 0 saturated carbocycles. The predicted octanol–water partition coefficient (Wildman–Crippen LogP) is 1.68. The summed E-state index contributed by atoms with van der Waals surface area (Å²) in [5.74, 6) is 0.0854. The maximum absolute atomic E-state index is 11.8. The lowest BCUT2D eigenvalue weighted by atomic mass is 9.84. The normalized spacial score (nSPS) is 15.4. The van der Waals surface area contributed by atoms with E-state index < -0.39 is 0 Å². The second-order valence-corrected chi connectivity index (χ2v) is 5.65. The van der Waals surface area contributed by atoms with Crippen LogP contribution in [-0.2, 0) is 9.53 Å². The fourth-order valence-electron chi connectivity index (χ4n) is 1.61. The predicted molar refractivity (Wildman–Crippen MR) is 70.8 cm³/mol.